The molecule has 4 aliphatic rings. The summed E-state index contributed by atoms with van der Waals surface area (Å²) in [4.78, 5) is 50.1. The number of aliphatic hydroxyl groups is 1. The van der Waals surface area contributed by atoms with Crippen LogP contribution in [0.1, 0.15) is 52.9 Å². The maximum Gasteiger partial charge on any atom is 0.303 e. The van der Waals surface area contributed by atoms with Gasteiger partial charge in [0.2, 0.25) is 5.78 Å². The van der Waals surface area contributed by atoms with Crippen LogP contribution in [-0.2, 0) is 23.9 Å². The summed E-state index contributed by atoms with van der Waals surface area (Å²) in [5.74, 6) is -1.25. The molecule has 0 aliphatic heterocycles. The predicted octanol–water partition coefficient (Wildman–Crippen LogP) is 2.34. The number of carbonyl (C=O) groups excluding carboxylic acids is 4. The first-order valence-electron chi connectivity index (χ1n) is 10.4. The molecule has 6 heteroatoms. The summed E-state index contributed by atoms with van der Waals surface area (Å²) in [6.45, 7) is 4.46. The Balaban J connectivity index is 1.78. The van der Waals surface area contributed by atoms with E-state index >= 15 is 0 Å². The van der Waals surface area contributed by atoms with Gasteiger partial charge in [0.05, 0.1) is 0 Å². The fourth-order valence-corrected chi connectivity index (χ4v) is 7.07. The Morgan fingerprint density at radius 1 is 1.24 bits per heavy atom. The SMILES string of the molecule is CC(=O)OC1(C(=O)CO)CCC2C3CCC4=CC(=O)C=CC4(C)C3C(=O)CC21C. The van der Waals surface area contributed by atoms with E-state index in [2.05, 4.69) is 0 Å². The van der Waals surface area contributed by atoms with Crippen LogP contribution in [0, 0.1) is 28.6 Å². The highest BCUT2D eigenvalue weighted by Crippen LogP contribution is 2.66. The third kappa shape index (κ3) is 2.57. The van der Waals surface area contributed by atoms with Gasteiger partial charge in [-0.25, -0.2) is 0 Å². The summed E-state index contributed by atoms with van der Waals surface area (Å²) in [6.07, 6.45) is 7.74. The number of allylic oxidation sites excluding steroid dienone is 4. The lowest BCUT2D eigenvalue weighted by Gasteiger charge is -2.57. The van der Waals surface area contributed by atoms with Gasteiger partial charge in [0.1, 0.15) is 12.4 Å². The van der Waals surface area contributed by atoms with Gasteiger partial charge in [-0.15, -0.1) is 0 Å². The number of ether oxygens (including phenoxy) is 1. The average molecular weight is 400 g/mol. The Hall–Kier alpha value is -2.08. The van der Waals surface area contributed by atoms with Crippen LogP contribution in [0.25, 0.3) is 0 Å². The lowest BCUT2D eigenvalue weighted by molar-refractivity contribution is -0.190. The Kier molecular flexibility index (Phi) is 4.50. The summed E-state index contributed by atoms with van der Waals surface area (Å²) in [6, 6.07) is 0. The Morgan fingerprint density at radius 3 is 2.62 bits per heavy atom. The molecule has 0 aromatic heterocycles. The summed E-state index contributed by atoms with van der Waals surface area (Å²) in [5.41, 5.74) is -1.75. The largest absolute Gasteiger partial charge is 0.451 e. The van der Waals surface area contributed by atoms with Crippen molar-refractivity contribution in [2.45, 2.75) is 58.5 Å². The van der Waals surface area contributed by atoms with Gasteiger partial charge >= 0.3 is 5.97 Å². The standard InChI is InChI=1S/C23H28O6/c1-13(25)29-23(19(28)12-24)9-7-17-16-5-4-14-10-15(26)6-8-21(14,2)20(16)18(27)11-22(17,23)3/h6,8,10,16-17,20,24H,4-5,7,9,11-12H2,1-3H3. The summed E-state index contributed by atoms with van der Waals surface area (Å²) >= 11 is 0. The number of aliphatic hydroxyl groups excluding tert-OH is 1. The molecule has 4 aliphatic carbocycles. The van der Waals surface area contributed by atoms with Crippen molar-refractivity contribution in [1.29, 1.82) is 0 Å². The zero-order valence-corrected chi connectivity index (χ0v) is 17.2. The number of hydrogen-bond acceptors (Lipinski definition) is 6. The highest BCUT2D eigenvalue weighted by molar-refractivity contribution is 6.02. The van der Waals surface area contributed by atoms with Crippen LogP contribution in [-0.4, -0.2) is 40.6 Å². The van der Waals surface area contributed by atoms with Crippen molar-refractivity contribution in [1.82, 2.24) is 0 Å². The van der Waals surface area contributed by atoms with Crippen molar-refractivity contribution in [3.63, 3.8) is 0 Å². The van der Waals surface area contributed by atoms with E-state index in [9.17, 15) is 24.3 Å². The summed E-state index contributed by atoms with van der Waals surface area (Å²) in [5, 5.41) is 9.62. The Bertz CT molecular complexity index is 869. The molecule has 156 valence electrons. The van der Waals surface area contributed by atoms with Gasteiger partial charge in [0, 0.05) is 30.1 Å². The topological polar surface area (TPSA) is 97.7 Å². The number of esters is 1. The van der Waals surface area contributed by atoms with Crippen molar-refractivity contribution in [3.05, 3.63) is 23.8 Å². The lowest BCUT2D eigenvalue weighted by atomic mass is 9.46. The molecule has 0 spiro atoms. The first-order chi connectivity index (χ1) is 13.6. The summed E-state index contributed by atoms with van der Waals surface area (Å²) in [7, 11) is 0. The maximum absolute atomic E-state index is 13.5. The molecular weight excluding hydrogens is 372 g/mol. The second-order valence-electron chi connectivity index (χ2n) is 9.58. The summed E-state index contributed by atoms with van der Waals surface area (Å²) < 4.78 is 5.63. The minimum absolute atomic E-state index is 0.0319. The lowest BCUT2D eigenvalue weighted by Crippen LogP contribution is -2.62. The van der Waals surface area contributed by atoms with Crippen LogP contribution in [0.15, 0.2) is 23.8 Å². The molecule has 29 heavy (non-hydrogen) atoms. The van der Waals surface area contributed by atoms with Crippen LogP contribution in [0.4, 0.5) is 0 Å². The molecule has 3 fully saturated rings. The average Bonchev–Trinajstić information content (AvgIpc) is 2.93. The van der Waals surface area contributed by atoms with Crippen LogP contribution in [0.2, 0.25) is 0 Å². The zero-order valence-electron chi connectivity index (χ0n) is 17.2. The molecule has 0 aromatic carbocycles. The molecule has 0 aromatic rings. The van der Waals surface area contributed by atoms with Gasteiger partial charge in [-0.1, -0.05) is 25.5 Å². The fraction of sp³-hybridized carbons (Fsp3) is 0.652. The van der Waals surface area contributed by atoms with Crippen molar-refractivity contribution in [2.24, 2.45) is 28.6 Å². The molecule has 0 radical (unpaired) electrons. The van der Waals surface area contributed by atoms with E-state index in [-0.39, 0.29) is 35.7 Å². The first kappa shape index (κ1) is 20.2. The highest BCUT2D eigenvalue weighted by Gasteiger charge is 2.70. The normalized spacial score (nSPS) is 43.2. The minimum atomic E-state index is -1.45. The van der Waals surface area contributed by atoms with E-state index in [0.29, 0.717) is 12.8 Å². The second kappa shape index (κ2) is 6.46. The maximum atomic E-state index is 13.5. The van der Waals surface area contributed by atoms with Gasteiger partial charge in [0.25, 0.3) is 0 Å². The second-order valence-corrected chi connectivity index (χ2v) is 9.58. The molecule has 0 saturated heterocycles. The predicted molar refractivity (Wildman–Crippen MR) is 104 cm³/mol. The number of Topliss-reactive ketones (excluding diaryl/α,β-unsaturated/α-hetero) is 2. The molecular formula is C23H28O6. The quantitative estimate of drug-likeness (QED) is 0.730. The Labute approximate surface area is 170 Å². The molecule has 6 unspecified atom stereocenters. The number of rotatable bonds is 3. The highest BCUT2D eigenvalue weighted by atomic mass is 16.6. The van der Waals surface area contributed by atoms with Gasteiger partial charge in [-0.05, 0) is 49.7 Å². The van der Waals surface area contributed by atoms with Gasteiger partial charge in [-0.3, -0.25) is 19.2 Å². The number of hydrogen-bond donors (Lipinski definition) is 1. The molecule has 1 N–H and O–H groups in total. The van der Waals surface area contributed by atoms with Crippen LogP contribution >= 0.6 is 0 Å². The smallest absolute Gasteiger partial charge is 0.303 e. The number of fused-ring (bicyclic) bond motifs is 5. The van der Waals surface area contributed by atoms with Crippen LogP contribution < -0.4 is 0 Å². The molecule has 6 nitrogen and oxygen atoms in total. The van der Waals surface area contributed by atoms with E-state index < -0.39 is 34.8 Å². The molecule has 0 bridgehead atoms. The molecule has 0 heterocycles. The minimum Gasteiger partial charge on any atom is -0.451 e. The van der Waals surface area contributed by atoms with Gasteiger partial charge in [-0.2, -0.15) is 0 Å². The first-order valence-corrected chi connectivity index (χ1v) is 10.4. The third-order valence-corrected chi connectivity index (χ3v) is 8.29. The molecule has 3 saturated carbocycles. The van der Waals surface area contributed by atoms with Crippen molar-refractivity contribution in [2.75, 3.05) is 6.61 Å². The third-order valence-electron chi connectivity index (χ3n) is 8.29. The van der Waals surface area contributed by atoms with Gasteiger partial charge in [0.15, 0.2) is 11.4 Å². The number of ketones is 3. The van der Waals surface area contributed by atoms with E-state index in [1.807, 2.05) is 19.9 Å². The van der Waals surface area contributed by atoms with E-state index in [0.717, 1.165) is 18.4 Å². The van der Waals surface area contributed by atoms with Crippen molar-refractivity contribution < 1.29 is 29.0 Å². The fourth-order valence-electron chi connectivity index (χ4n) is 7.07. The van der Waals surface area contributed by atoms with E-state index in [4.69, 9.17) is 4.74 Å². The number of carbonyl (C=O) groups is 4. The van der Waals surface area contributed by atoms with Crippen LogP contribution in [0.5, 0.6) is 0 Å². The van der Waals surface area contributed by atoms with Crippen molar-refractivity contribution >= 4 is 23.3 Å². The molecule has 0 amide bonds. The zero-order chi connectivity index (χ0) is 21.2. The molecule has 4 rings (SSSR count). The van der Waals surface area contributed by atoms with Crippen LogP contribution in [0.3, 0.4) is 0 Å². The van der Waals surface area contributed by atoms with E-state index in [1.54, 1.807) is 12.2 Å². The van der Waals surface area contributed by atoms with Crippen molar-refractivity contribution in [3.8, 4) is 0 Å². The van der Waals surface area contributed by atoms with Gasteiger partial charge < -0.3 is 9.84 Å². The monoisotopic (exact) mass is 400 g/mol. The van der Waals surface area contributed by atoms with E-state index in [1.165, 1.54) is 6.92 Å². The molecule has 6 atom stereocenters. The Morgan fingerprint density at radius 2 is 1.97 bits per heavy atom.